The molecule has 84 valence electrons. The molecule has 0 saturated carbocycles. The maximum absolute atomic E-state index is 13.1. The van der Waals surface area contributed by atoms with Crippen LogP contribution in [0.2, 0.25) is 0 Å². The van der Waals surface area contributed by atoms with E-state index in [0.717, 1.165) is 13.0 Å². The van der Waals surface area contributed by atoms with Gasteiger partial charge in [0.2, 0.25) is 0 Å². The lowest BCUT2D eigenvalue weighted by Crippen LogP contribution is -2.52. The monoisotopic (exact) mass is 221 g/mol. The molecule has 15 heavy (non-hydrogen) atoms. The summed E-state index contributed by atoms with van der Waals surface area (Å²) in [5, 5.41) is 0. The molecule has 0 aliphatic heterocycles. The summed E-state index contributed by atoms with van der Waals surface area (Å²) in [6.45, 7) is 0.847. The summed E-state index contributed by atoms with van der Waals surface area (Å²) in [6, 6.07) is 5.30. The Morgan fingerprint density at radius 3 is 2.20 bits per heavy atom. The van der Waals surface area contributed by atoms with Gasteiger partial charge in [-0.05, 0) is 18.6 Å². The van der Waals surface area contributed by atoms with Crippen molar-refractivity contribution < 1.29 is 17.6 Å². The Morgan fingerprint density at radius 2 is 1.73 bits per heavy atom. The van der Waals surface area contributed by atoms with Crippen molar-refractivity contribution in [2.75, 3.05) is 0 Å². The van der Waals surface area contributed by atoms with E-state index in [-0.39, 0.29) is 5.56 Å². The topological polar surface area (TPSA) is 26.0 Å². The zero-order chi connectivity index (χ0) is 11.7. The second-order valence-corrected chi connectivity index (χ2v) is 3.68. The van der Waals surface area contributed by atoms with Crippen molar-refractivity contribution in [1.29, 1.82) is 0 Å². The van der Waals surface area contributed by atoms with Gasteiger partial charge in [0.05, 0.1) is 0 Å². The fourth-order valence-corrected chi connectivity index (χ4v) is 1.14. The minimum Gasteiger partial charge on any atom is -0.318 e. The lowest BCUT2D eigenvalue weighted by atomic mass is 9.93. The molecule has 0 aliphatic rings. The Bertz CT molecular complexity index is 344. The first-order valence-electron chi connectivity index (χ1n) is 4.33. The van der Waals surface area contributed by atoms with Crippen LogP contribution < -0.4 is 5.73 Å². The number of nitrogens with two attached hydrogens (primary N) is 1. The Morgan fingerprint density at radius 1 is 1.20 bits per heavy atom. The zero-order valence-electron chi connectivity index (χ0n) is 8.11. The molecule has 5 heteroatoms. The van der Waals surface area contributed by atoms with Gasteiger partial charge in [-0.2, -0.15) is 13.2 Å². The molecule has 0 radical (unpaired) electrons. The fourth-order valence-electron chi connectivity index (χ4n) is 1.14. The molecule has 1 aromatic rings. The van der Waals surface area contributed by atoms with Crippen LogP contribution in [-0.4, -0.2) is 11.7 Å². The maximum atomic E-state index is 13.1. The summed E-state index contributed by atoms with van der Waals surface area (Å²) in [5.74, 6) is -0.668. The van der Waals surface area contributed by atoms with Gasteiger partial charge in [-0.15, -0.1) is 0 Å². The third-order valence-electron chi connectivity index (χ3n) is 2.16. The maximum Gasteiger partial charge on any atom is 0.406 e. The highest BCUT2D eigenvalue weighted by atomic mass is 19.4. The molecule has 0 bridgehead atoms. The second kappa shape index (κ2) is 3.81. The predicted octanol–water partition coefficient (Wildman–Crippen LogP) is 2.65. The molecule has 1 atom stereocenters. The van der Waals surface area contributed by atoms with Crippen LogP contribution in [0.5, 0.6) is 0 Å². The Hall–Kier alpha value is -1.10. The van der Waals surface area contributed by atoms with Crippen molar-refractivity contribution in [1.82, 2.24) is 0 Å². The van der Waals surface area contributed by atoms with Crippen molar-refractivity contribution in [3.05, 3.63) is 35.6 Å². The molecular weight excluding hydrogens is 210 g/mol. The highest BCUT2D eigenvalue weighted by Crippen LogP contribution is 2.31. The first kappa shape index (κ1) is 12.0. The summed E-state index contributed by atoms with van der Waals surface area (Å²) in [4.78, 5) is 0. The van der Waals surface area contributed by atoms with Gasteiger partial charge in [0.15, 0.2) is 0 Å². The van der Waals surface area contributed by atoms with Crippen molar-refractivity contribution >= 4 is 0 Å². The van der Waals surface area contributed by atoms with Crippen LogP contribution in [0.25, 0.3) is 0 Å². The third kappa shape index (κ3) is 2.68. The molecule has 0 saturated heterocycles. The van der Waals surface area contributed by atoms with Crippen molar-refractivity contribution in [2.45, 2.75) is 25.1 Å². The molecule has 0 spiro atoms. The lowest BCUT2D eigenvalue weighted by molar-refractivity contribution is -0.180. The molecule has 2 N–H and O–H groups in total. The van der Waals surface area contributed by atoms with E-state index in [1.54, 1.807) is 0 Å². The van der Waals surface area contributed by atoms with Gasteiger partial charge in [0.1, 0.15) is 11.4 Å². The van der Waals surface area contributed by atoms with Crippen LogP contribution in [0, 0.1) is 5.82 Å². The molecule has 0 aliphatic carbocycles. The van der Waals surface area contributed by atoms with Crippen LogP contribution in [0.15, 0.2) is 24.3 Å². The number of alkyl halides is 3. The fraction of sp³-hybridized carbons (Fsp3) is 0.400. The molecule has 1 rings (SSSR count). The summed E-state index contributed by atoms with van der Waals surface area (Å²) < 4.78 is 50.3. The second-order valence-electron chi connectivity index (χ2n) is 3.68. The van der Waals surface area contributed by atoms with Gasteiger partial charge in [-0.25, -0.2) is 4.39 Å². The molecule has 0 heterocycles. The number of hydrogen-bond acceptors (Lipinski definition) is 1. The number of hydrogen-bond donors (Lipinski definition) is 1. The van der Waals surface area contributed by atoms with Crippen LogP contribution in [0.4, 0.5) is 17.6 Å². The van der Waals surface area contributed by atoms with Crippen LogP contribution >= 0.6 is 0 Å². The number of benzene rings is 1. The SMILES string of the molecule is CC(N)(Cc1ccccc1F)C(F)(F)F. The highest BCUT2D eigenvalue weighted by molar-refractivity contribution is 5.20. The molecule has 1 nitrogen and oxygen atoms in total. The minimum atomic E-state index is -4.55. The van der Waals surface area contributed by atoms with E-state index in [0.29, 0.717) is 0 Å². The average molecular weight is 221 g/mol. The van der Waals surface area contributed by atoms with Gasteiger partial charge in [0.25, 0.3) is 0 Å². The normalized spacial score (nSPS) is 16.1. The van der Waals surface area contributed by atoms with Gasteiger partial charge in [-0.3, -0.25) is 0 Å². The van der Waals surface area contributed by atoms with E-state index in [2.05, 4.69) is 0 Å². The minimum absolute atomic E-state index is 0.0279. The van der Waals surface area contributed by atoms with E-state index in [9.17, 15) is 17.6 Å². The van der Waals surface area contributed by atoms with E-state index >= 15 is 0 Å². The van der Waals surface area contributed by atoms with E-state index in [4.69, 9.17) is 5.73 Å². The summed E-state index contributed by atoms with van der Waals surface area (Å²) in [6.07, 6.45) is -5.11. The van der Waals surface area contributed by atoms with Crippen molar-refractivity contribution in [3.63, 3.8) is 0 Å². The van der Waals surface area contributed by atoms with E-state index in [1.807, 2.05) is 0 Å². The Labute approximate surface area is 84.9 Å². The predicted molar refractivity (Wildman–Crippen MR) is 48.8 cm³/mol. The third-order valence-corrected chi connectivity index (χ3v) is 2.16. The zero-order valence-corrected chi connectivity index (χ0v) is 8.11. The van der Waals surface area contributed by atoms with Gasteiger partial charge >= 0.3 is 6.18 Å². The average Bonchev–Trinajstić information content (AvgIpc) is 2.06. The van der Waals surface area contributed by atoms with Gasteiger partial charge in [-0.1, -0.05) is 18.2 Å². The Kier molecular flexibility index (Phi) is 3.04. The molecule has 0 amide bonds. The molecule has 1 aromatic carbocycles. The summed E-state index contributed by atoms with van der Waals surface area (Å²) in [7, 11) is 0. The molecule has 0 aromatic heterocycles. The van der Waals surface area contributed by atoms with Gasteiger partial charge in [0, 0.05) is 6.42 Å². The largest absolute Gasteiger partial charge is 0.406 e. The first-order valence-corrected chi connectivity index (χ1v) is 4.33. The quantitative estimate of drug-likeness (QED) is 0.763. The lowest BCUT2D eigenvalue weighted by Gasteiger charge is -2.27. The smallest absolute Gasteiger partial charge is 0.318 e. The number of rotatable bonds is 2. The summed E-state index contributed by atoms with van der Waals surface area (Å²) in [5.41, 5.74) is 2.67. The van der Waals surface area contributed by atoms with Crippen molar-refractivity contribution in [3.8, 4) is 0 Å². The van der Waals surface area contributed by atoms with Crippen molar-refractivity contribution in [2.24, 2.45) is 5.73 Å². The standard InChI is InChI=1S/C10H11F4N/c1-9(15,10(12,13)14)6-7-4-2-3-5-8(7)11/h2-5H,6,15H2,1H3. The Balaban J connectivity index is 2.92. The first-order chi connectivity index (χ1) is 6.74. The molecule has 1 unspecified atom stereocenters. The number of halogens is 4. The van der Waals surface area contributed by atoms with Crippen LogP contribution in [0.1, 0.15) is 12.5 Å². The summed E-state index contributed by atoms with van der Waals surface area (Å²) >= 11 is 0. The van der Waals surface area contributed by atoms with Crippen LogP contribution in [-0.2, 0) is 6.42 Å². The van der Waals surface area contributed by atoms with Crippen LogP contribution in [0.3, 0.4) is 0 Å². The van der Waals surface area contributed by atoms with Gasteiger partial charge < -0.3 is 5.73 Å². The highest BCUT2D eigenvalue weighted by Gasteiger charge is 2.48. The molecule has 0 fully saturated rings. The molecular formula is C10H11F4N. The van der Waals surface area contributed by atoms with E-state index in [1.165, 1.54) is 18.2 Å². The van der Waals surface area contributed by atoms with E-state index < -0.39 is 24.0 Å².